The smallest absolute Gasteiger partial charge is 0.00197 e. The molecule has 0 spiro atoms. The Balaban J connectivity index is 1.20. The minimum atomic E-state index is 1.22. The fraction of sp³-hybridized carbons (Fsp3) is 0. The molecule has 0 aliphatic carbocycles. The SMILES string of the molecule is c1ccc2cc(-c3ccc(-c4c5ccccc5c(-c5cc6ccccc6c6ccccc56)c5cc(-c6ccc7ccccc7c6)ccc45)cc3)ccc2c1. The average molecular weight is 683 g/mol. The van der Waals surface area contributed by atoms with E-state index in [-0.39, 0.29) is 0 Å². The number of fused-ring (bicyclic) bond motifs is 7. The lowest BCUT2D eigenvalue weighted by atomic mass is 9.82. The van der Waals surface area contributed by atoms with E-state index in [9.17, 15) is 0 Å². The predicted molar refractivity (Wildman–Crippen MR) is 233 cm³/mol. The third kappa shape index (κ3) is 4.92. The van der Waals surface area contributed by atoms with Crippen molar-refractivity contribution in [1.82, 2.24) is 0 Å². The zero-order chi connectivity index (χ0) is 35.6. The van der Waals surface area contributed by atoms with Gasteiger partial charge in [-0.15, -0.1) is 0 Å². The number of hydrogen-bond donors (Lipinski definition) is 0. The van der Waals surface area contributed by atoms with Crippen LogP contribution in [-0.2, 0) is 0 Å². The van der Waals surface area contributed by atoms with Crippen molar-refractivity contribution in [2.45, 2.75) is 0 Å². The molecule has 0 aliphatic heterocycles. The Morgan fingerprint density at radius 3 is 1.28 bits per heavy atom. The number of rotatable bonds is 4. The molecule has 0 unspecified atom stereocenters. The fourth-order valence-corrected chi connectivity index (χ4v) is 8.79. The lowest BCUT2D eigenvalue weighted by Crippen LogP contribution is -1.93. The van der Waals surface area contributed by atoms with Gasteiger partial charge in [-0.25, -0.2) is 0 Å². The molecule has 54 heavy (non-hydrogen) atoms. The zero-order valence-corrected chi connectivity index (χ0v) is 29.6. The lowest BCUT2D eigenvalue weighted by molar-refractivity contribution is 1.62. The molecule has 0 amide bonds. The first kappa shape index (κ1) is 30.6. The highest BCUT2D eigenvalue weighted by Crippen LogP contribution is 2.47. The van der Waals surface area contributed by atoms with Crippen LogP contribution in [0.2, 0.25) is 0 Å². The normalized spacial score (nSPS) is 11.7. The summed E-state index contributed by atoms with van der Waals surface area (Å²) in [7, 11) is 0. The van der Waals surface area contributed by atoms with Crippen LogP contribution in [0.1, 0.15) is 0 Å². The number of hydrogen-bond acceptors (Lipinski definition) is 0. The molecule has 0 saturated carbocycles. The van der Waals surface area contributed by atoms with Gasteiger partial charge in [0.05, 0.1) is 0 Å². The van der Waals surface area contributed by atoms with E-state index in [4.69, 9.17) is 0 Å². The van der Waals surface area contributed by atoms with Crippen molar-refractivity contribution < 1.29 is 0 Å². The van der Waals surface area contributed by atoms with Gasteiger partial charge < -0.3 is 0 Å². The van der Waals surface area contributed by atoms with Crippen molar-refractivity contribution in [2.24, 2.45) is 0 Å². The summed E-state index contributed by atoms with van der Waals surface area (Å²) in [5.74, 6) is 0. The molecule has 0 heteroatoms. The first-order valence-corrected chi connectivity index (χ1v) is 18.7. The van der Waals surface area contributed by atoms with Crippen LogP contribution in [0, 0.1) is 0 Å². The van der Waals surface area contributed by atoms with Gasteiger partial charge in [0.25, 0.3) is 0 Å². The standard InChI is InChI=1S/C54H34/c1-3-13-39-31-41(27-23-35(39)11-1)37-21-25-38(26-22-37)53-48-19-9-10-20-49(48)54(51-34-44-15-5-6-16-45(44)46-17-7-8-18-47(46)51)52-33-43(29-30-50(52)53)42-28-24-36-12-2-4-14-40(36)32-42/h1-34H. The Bertz CT molecular complexity index is 3260. The molecule has 0 aliphatic rings. The van der Waals surface area contributed by atoms with Gasteiger partial charge in [-0.05, 0) is 133 Å². The van der Waals surface area contributed by atoms with Gasteiger partial charge in [0.1, 0.15) is 0 Å². The van der Waals surface area contributed by atoms with E-state index in [1.165, 1.54) is 109 Å². The maximum absolute atomic E-state index is 2.44. The second-order valence-electron chi connectivity index (χ2n) is 14.4. The van der Waals surface area contributed by atoms with Crippen LogP contribution >= 0.6 is 0 Å². The van der Waals surface area contributed by atoms with E-state index in [1.54, 1.807) is 0 Å². The Hall–Kier alpha value is -7.02. The molecule has 0 bridgehead atoms. The summed E-state index contributed by atoms with van der Waals surface area (Å²) in [4.78, 5) is 0. The van der Waals surface area contributed by atoms with Gasteiger partial charge in [0.2, 0.25) is 0 Å². The topological polar surface area (TPSA) is 0 Å². The fourth-order valence-electron chi connectivity index (χ4n) is 8.79. The van der Waals surface area contributed by atoms with Gasteiger partial charge in [-0.3, -0.25) is 0 Å². The summed E-state index contributed by atoms with van der Waals surface area (Å²) in [6.45, 7) is 0. The van der Waals surface area contributed by atoms with Crippen LogP contribution in [0.5, 0.6) is 0 Å². The Labute approximate surface area is 314 Å². The maximum Gasteiger partial charge on any atom is -0.00197 e. The highest BCUT2D eigenvalue weighted by Gasteiger charge is 2.20. The second kappa shape index (κ2) is 12.3. The third-order valence-corrected chi connectivity index (χ3v) is 11.4. The molecule has 0 nitrogen and oxygen atoms in total. The Morgan fingerprint density at radius 2 is 0.611 bits per heavy atom. The largest absolute Gasteiger partial charge is 0.0616 e. The van der Waals surface area contributed by atoms with Gasteiger partial charge in [0.15, 0.2) is 0 Å². The number of benzene rings is 11. The second-order valence-corrected chi connectivity index (χ2v) is 14.4. The summed E-state index contributed by atoms with van der Waals surface area (Å²) in [6.07, 6.45) is 0. The molecular weight excluding hydrogens is 649 g/mol. The summed E-state index contributed by atoms with van der Waals surface area (Å²) >= 11 is 0. The zero-order valence-electron chi connectivity index (χ0n) is 29.6. The third-order valence-electron chi connectivity index (χ3n) is 11.4. The van der Waals surface area contributed by atoms with Gasteiger partial charge in [-0.1, -0.05) is 182 Å². The lowest BCUT2D eigenvalue weighted by Gasteiger charge is -2.20. The van der Waals surface area contributed by atoms with E-state index in [2.05, 4.69) is 206 Å². The van der Waals surface area contributed by atoms with Crippen LogP contribution < -0.4 is 0 Å². The molecule has 0 heterocycles. The molecule has 0 aromatic heterocycles. The summed E-state index contributed by atoms with van der Waals surface area (Å²) in [5.41, 5.74) is 9.91. The highest BCUT2D eigenvalue weighted by atomic mass is 14.2. The molecule has 0 radical (unpaired) electrons. The van der Waals surface area contributed by atoms with Gasteiger partial charge in [0, 0.05) is 0 Å². The summed E-state index contributed by atoms with van der Waals surface area (Å²) in [5, 5.41) is 15.1. The van der Waals surface area contributed by atoms with Crippen LogP contribution in [0.3, 0.4) is 0 Å². The van der Waals surface area contributed by atoms with Crippen LogP contribution in [0.4, 0.5) is 0 Å². The van der Waals surface area contributed by atoms with E-state index >= 15 is 0 Å². The average Bonchev–Trinajstić information content (AvgIpc) is 3.25. The van der Waals surface area contributed by atoms with Crippen molar-refractivity contribution >= 4 is 64.6 Å². The molecular formula is C54H34. The molecule has 11 aromatic carbocycles. The van der Waals surface area contributed by atoms with E-state index < -0.39 is 0 Å². The molecule has 250 valence electrons. The van der Waals surface area contributed by atoms with Crippen molar-refractivity contribution in [2.75, 3.05) is 0 Å². The Kier molecular flexibility index (Phi) is 6.97. The molecule has 11 rings (SSSR count). The van der Waals surface area contributed by atoms with Crippen molar-refractivity contribution in [3.8, 4) is 44.5 Å². The quantitative estimate of drug-likeness (QED) is 0.128. The first-order valence-electron chi connectivity index (χ1n) is 18.7. The van der Waals surface area contributed by atoms with E-state index in [0.717, 1.165) is 0 Å². The molecule has 0 fully saturated rings. The predicted octanol–water partition coefficient (Wildman–Crippen LogP) is 15.3. The van der Waals surface area contributed by atoms with Crippen LogP contribution in [0.25, 0.3) is 109 Å². The van der Waals surface area contributed by atoms with Gasteiger partial charge in [-0.2, -0.15) is 0 Å². The molecule has 11 aromatic rings. The van der Waals surface area contributed by atoms with Crippen molar-refractivity contribution in [3.05, 3.63) is 206 Å². The van der Waals surface area contributed by atoms with Crippen molar-refractivity contribution in [3.63, 3.8) is 0 Å². The summed E-state index contributed by atoms with van der Waals surface area (Å²) < 4.78 is 0. The van der Waals surface area contributed by atoms with E-state index in [0.29, 0.717) is 0 Å². The monoisotopic (exact) mass is 682 g/mol. The minimum Gasteiger partial charge on any atom is -0.0616 e. The maximum atomic E-state index is 2.44. The van der Waals surface area contributed by atoms with Crippen LogP contribution in [-0.4, -0.2) is 0 Å². The van der Waals surface area contributed by atoms with Gasteiger partial charge >= 0.3 is 0 Å². The molecule has 0 atom stereocenters. The molecule has 0 saturated heterocycles. The minimum absolute atomic E-state index is 1.22. The van der Waals surface area contributed by atoms with E-state index in [1.807, 2.05) is 0 Å². The summed E-state index contributed by atoms with van der Waals surface area (Å²) in [6, 6.07) is 76.3. The Morgan fingerprint density at radius 1 is 0.185 bits per heavy atom. The molecule has 0 N–H and O–H groups in total. The highest BCUT2D eigenvalue weighted by molar-refractivity contribution is 6.26. The van der Waals surface area contributed by atoms with Crippen LogP contribution in [0.15, 0.2) is 206 Å². The van der Waals surface area contributed by atoms with Crippen molar-refractivity contribution in [1.29, 1.82) is 0 Å². The first-order chi connectivity index (χ1) is 26.8.